The van der Waals surface area contributed by atoms with Gasteiger partial charge in [-0.1, -0.05) is 12.1 Å². The number of fused-ring (bicyclic) bond motifs is 1. The fraction of sp³-hybridized carbons (Fsp3) is 0.214. The van der Waals surface area contributed by atoms with Gasteiger partial charge in [0.2, 0.25) is 11.8 Å². The van der Waals surface area contributed by atoms with Gasteiger partial charge in [-0.2, -0.15) is 9.97 Å². The van der Waals surface area contributed by atoms with Gasteiger partial charge in [0, 0.05) is 0 Å². The summed E-state index contributed by atoms with van der Waals surface area (Å²) in [6.45, 7) is 0.350. The fourth-order valence-electron chi connectivity index (χ4n) is 2.23. The van der Waals surface area contributed by atoms with Crippen LogP contribution in [0.25, 0.3) is 11.2 Å². The van der Waals surface area contributed by atoms with Crippen LogP contribution in [0.15, 0.2) is 29.1 Å². The zero-order valence-electron chi connectivity index (χ0n) is 12.2. The predicted octanol–water partition coefficient (Wildman–Crippen LogP) is 0.767. The number of anilines is 1. The Morgan fingerprint density at radius 1 is 1.18 bits per heavy atom. The second-order valence-corrected chi connectivity index (χ2v) is 4.65. The number of hydrogen-bond acceptors (Lipinski definition) is 6. The Balaban J connectivity index is 2.08. The third-order valence-corrected chi connectivity index (χ3v) is 3.30. The molecule has 0 radical (unpaired) electrons. The lowest BCUT2D eigenvalue weighted by molar-refractivity contribution is 0.402. The van der Waals surface area contributed by atoms with Gasteiger partial charge in [0.1, 0.15) is 11.3 Å². The molecule has 0 aliphatic rings. The van der Waals surface area contributed by atoms with E-state index in [9.17, 15) is 4.79 Å². The molecule has 2 heterocycles. The van der Waals surface area contributed by atoms with Crippen LogP contribution in [0.4, 0.5) is 5.95 Å². The van der Waals surface area contributed by atoms with Gasteiger partial charge in [-0.05, 0) is 17.7 Å². The number of imidazole rings is 1. The summed E-state index contributed by atoms with van der Waals surface area (Å²) in [5.74, 6) is 1.04. The molecule has 0 amide bonds. The average molecular weight is 301 g/mol. The van der Waals surface area contributed by atoms with E-state index in [-0.39, 0.29) is 17.5 Å². The van der Waals surface area contributed by atoms with Crippen LogP contribution in [0.1, 0.15) is 5.56 Å². The summed E-state index contributed by atoms with van der Waals surface area (Å²) in [5.41, 5.74) is 7.12. The highest BCUT2D eigenvalue weighted by molar-refractivity contribution is 5.77. The van der Waals surface area contributed by atoms with E-state index >= 15 is 0 Å². The van der Waals surface area contributed by atoms with Crippen molar-refractivity contribution in [3.05, 3.63) is 40.3 Å². The van der Waals surface area contributed by atoms with Crippen LogP contribution in [-0.4, -0.2) is 33.7 Å². The summed E-state index contributed by atoms with van der Waals surface area (Å²) in [7, 11) is 3.06. The maximum absolute atomic E-state index is 12.2. The molecule has 3 aromatic rings. The predicted molar refractivity (Wildman–Crippen MR) is 81.2 cm³/mol. The lowest BCUT2D eigenvalue weighted by Crippen LogP contribution is -2.17. The third-order valence-electron chi connectivity index (χ3n) is 3.30. The maximum Gasteiger partial charge on any atom is 0.328 e. The largest absolute Gasteiger partial charge is 0.497 e. The fourth-order valence-corrected chi connectivity index (χ4v) is 2.23. The topological polar surface area (TPSA) is 108 Å². The molecule has 3 rings (SSSR count). The second-order valence-electron chi connectivity index (χ2n) is 4.65. The molecule has 0 saturated heterocycles. The first kappa shape index (κ1) is 13.9. The number of benzene rings is 1. The SMILES string of the molecule is COc1ccc(Cn2c(=O)[nH]c3c(OC)nc(N)nc32)cc1. The lowest BCUT2D eigenvalue weighted by Gasteiger charge is -2.06. The van der Waals surface area contributed by atoms with E-state index in [1.165, 1.54) is 11.7 Å². The molecule has 1 aromatic carbocycles. The Morgan fingerprint density at radius 3 is 2.55 bits per heavy atom. The molecule has 2 aromatic heterocycles. The molecule has 0 bridgehead atoms. The molecule has 8 heteroatoms. The van der Waals surface area contributed by atoms with Crippen LogP contribution >= 0.6 is 0 Å². The van der Waals surface area contributed by atoms with Crippen molar-refractivity contribution >= 4 is 17.1 Å². The van der Waals surface area contributed by atoms with Crippen molar-refractivity contribution in [1.29, 1.82) is 0 Å². The number of methoxy groups -OCH3 is 2. The molecule has 0 saturated carbocycles. The summed E-state index contributed by atoms with van der Waals surface area (Å²) in [4.78, 5) is 22.9. The van der Waals surface area contributed by atoms with Crippen molar-refractivity contribution in [3.8, 4) is 11.6 Å². The highest BCUT2D eigenvalue weighted by atomic mass is 16.5. The van der Waals surface area contributed by atoms with Gasteiger partial charge in [0.05, 0.1) is 20.8 Å². The number of nitrogen functional groups attached to an aromatic ring is 1. The van der Waals surface area contributed by atoms with Crippen LogP contribution < -0.4 is 20.9 Å². The summed E-state index contributed by atoms with van der Waals surface area (Å²) in [5, 5.41) is 0. The summed E-state index contributed by atoms with van der Waals surface area (Å²) < 4.78 is 11.7. The van der Waals surface area contributed by atoms with Crippen molar-refractivity contribution in [3.63, 3.8) is 0 Å². The van der Waals surface area contributed by atoms with Gasteiger partial charge in [-0.25, -0.2) is 4.79 Å². The Kier molecular flexibility index (Phi) is 3.42. The molecule has 0 aliphatic heterocycles. The molecule has 3 N–H and O–H groups in total. The Labute approximate surface area is 125 Å². The number of nitrogens with zero attached hydrogens (tertiary/aromatic N) is 3. The van der Waals surface area contributed by atoms with Gasteiger partial charge in [0.15, 0.2) is 5.65 Å². The van der Waals surface area contributed by atoms with Crippen LogP contribution in [0.3, 0.4) is 0 Å². The van der Waals surface area contributed by atoms with E-state index in [4.69, 9.17) is 15.2 Å². The first-order chi connectivity index (χ1) is 10.6. The smallest absolute Gasteiger partial charge is 0.328 e. The van der Waals surface area contributed by atoms with Crippen molar-refractivity contribution in [1.82, 2.24) is 19.5 Å². The number of rotatable bonds is 4. The highest BCUT2D eigenvalue weighted by Crippen LogP contribution is 2.20. The summed E-state index contributed by atoms with van der Waals surface area (Å²) >= 11 is 0. The van der Waals surface area contributed by atoms with Crippen molar-refractivity contribution in [2.45, 2.75) is 6.54 Å². The zero-order valence-corrected chi connectivity index (χ0v) is 12.2. The van der Waals surface area contributed by atoms with Crippen molar-refractivity contribution in [2.75, 3.05) is 20.0 Å². The number of ether oxygens (including phenoxy) is 2. The number of nitrogens with two attached hydrogens (primary N) is 1. The van der Waals surface area contributed by atoms with E-state index in [1.54, 1.807) is 7.11 Å². The average Bonchev–Trinajstić information content (AvgIpc) is 2.83. The van der Waals surface area contributed by atoms with Gasteiger partial charge in [-0.15, -0.1) is 0 Å². The van der Waals surface area contributed by atoms with E-state index in [1.807, 2.05) is 24.3 Å². The Bertz CT molecular complexity index is 867. The molecule has 22 heavy (non-hydrogen) atoms. The van der Waals surface area contributed by atoms with Crippen LogP contribution in [0, 0.1) is 0 Å². The molecule has 0 aliphatic carbocycles. The van der Waals surface area contributed by atoms with Crippen molar-refractivity contribution in [2.24, 2.45) is 0 Å². The number of aromatic amines is 1. The number of aromatic nitrogens is 4. The third kappa shape index (κ3) is 2.34. The van der Waals surface area contributed by atoms with E-state index in [0.717, 1.165) is 11.3 Å². The van der Waals surface area contributed by atoms with Gasteiger partial charge in [-0.3, -0.25) is 9.55 Å². The molecular weight excluding hydrogens is 286 g/mol. The summed E-state index contributed by atoms with van der Waals surface area (Å²) in [6, 6.07) is 7.43. The number of nitrogens with one attached hydrogen (secondary N) is 1. The molecule has 0 spiro atoms. The minimum absolute atomic E-state index is 0.0480. The number of hydrogen-bond donors (Lipinski definition) is 2. The molecule has 114 valence electrons. The first-order valence-electron chi connectivity index (χ1n) is 6.55. The highest BCUT2D eigenvalue weighted by Gasteiger charge is 2.15. The van der Waals surface area contributed by atoms with Crippen LogP contribution in [0.5, 0.6) is 11.6 Å². The monoisotopic (exact) mass is 301 g/mol. The Hall–Kier alpha value is -3.03. The van der Waals surface area contributed by atoms with E-state index in [2.05, 4.69) is 15.0 Å². The zero-order chi connectivity index (χ0) is 15.7. The minimum atomic E-state index is -0.302. The number of H-pyrrole nitrogens is 1. The molecular formula is C14H15N5O3. The van der Waals surface area contributed by atoms with Gasteiger partial charge < -0.3 is 15.2 Å². The molecule has 0 unspecified atom stereocenters. The molecule has 8 nitrogen and oxygen atoms in total. The first-order valence-corrected chi connectivity index (χ1v) is 6.55. The normalized spacial score (nSPS) is 10.8. The molecule has 0 fully saturated rings. The van der Waals surface area contributed by atoms with E-state index < -0.39 is 0 Å². The minimum Gasteiger partial charge on any atom is -0.497 e. The van der Waals surface area contributed by atoms with Crippen LogP contribution in [-0.2, 0) is 6.54 Å². The lowest BCUT2D eigenvalue weighted by atomic mass is 10.2. The van der Waals surface area contributed by atoms with Gasteiger partial charge >= 0.3 is 5.69 Å². The van der Waals surface area contributed by atoms with Crippen LogP contribution in [0.2, 0.25) is 0 Å². The van der Waals surface area contributed by atoms with E-state index in [0.29, 0.717) is 17.7 Å². The second kappa shape index (κ2) is 5.40. The van der Waals surface area contributed by atoms with Gasteiger partial charge in [0.25, 0.3) is 0 Å². The Morgan fingerprint density at radius 2 is 1.91 bits per heavy atom. The van der Waals surface area contributed by atoms with Crippen molar-refractivity contribution < 1.29 is 9.47 Å². The molecule has 0 atom stereocenters. The standard InChI is InChI=1S/C14H15N5O3/c1-21-9-5-3-8(4-6-9)7-19-11-10(16-14(19)20)12(22-2)18-13(15)17-11/h3-6H,7H2,1-2H3,(H,16,20)(H2,15,17,18). The maximum atomic E-state index is 12.2. The quantitative estimate of drug-likeness (QED) is 0.737. The summed E-state index contributed by atoms with van der Waals surface area (Å²) in [6.07, 6.45) is 0.